The summed E-state index contributed by atoms with van der Waals surface area (Å²) in [5.74, 6) is 0. The molecule has 4 nitrogen and oxygen atoms in total. The van der Waals surface area contributed by atoms with E-state index in [0.29, 0.717) is 12.1 Å². The second-order valence-corrected chi connectivity index (χ2v) is 8.27. The molecule has 1 aliphatic rings. The van der Waals surface area contributed by atoms with Crippen molar-refractivity contribution in [1.29, 1.82) is 5.26 Å². The van der Waals surface area contributed by atoms with E-state index in [4.69, 9.17) is 5.26 Å². The Morgan fingerprint density at radius 2 is 1.79 bits per heavy atom. The van der Waals surface area contributed by atoms with Gasteiger partial charge in [0.15, 0.2) is 0 Å². The number of aryl methyl sites for hydroxylation is 2. The van der Waals surface area contributed by atoms with Crippen molar-refractivity contribution >= 4 is 5.69 Å². The van der Waals surface area contributed by atoms with Crippen LogP contribution >= 0.6 is 0 Å². The summed E-state index contributed by atoms with van der Waals surface area (Å²) in [6.45, 7) is 7.75. The second-order valence-electron chi connectivity index (χ2n) is 8.27. The number of nitriles is 1. The van der Waals surface area contributed by atoms with E-state index in [9.17, 15) is 5.11 Å². The fourth-order valence-corrected chi connectivity index (χ4v) is 4.14. The highest BCUT2D eigenvalue weighted by atomic mass is 16.3. The number of rotatable bonds is 6. The van der Waals surface area contributed by atoms with Gasteiger partial charge in [-0.3, -0.25) is 0 Å². The largest absolute Gasteiger partial charge is 0.388 e. The van der Waals surface area contributed by atoms with E-state index in [1.54, 1.807) is 0 Å². The molecule has 0 saturated carbocycles. The van der Waals surface area contributed by atoms with Crippen LogP contribution in [0.4, 0.5) is 5.69 Å². The van der Waals surface area contributed by atoms with Crippen LogP contribution in [0.15, 0.2) is 42.5 Å². The maximum absolute atomic E-state index is 11.1. The van der Waals surface area contributed by atoms with E-state index in [2.05, 4.69) is 55.0 Å². The first-order chi connectivity index (χ1) is 13.4. The summed E-state index contributed by atoms with van der Waals surface area (Å²) in [4.78, 5) is 4.63. The highest BCUT2D eigenvalue weighted by Gasteiger charge is 2.33. The number of likely N-dealkylation sites (tertiary alicyclic amines) is 1. The summed E-state index contributed by atoms with van der Waals surface area (Å²) in [5.41, 5.74) is 5.06. The Hall–Kier alpha value is -2.35. The first-order valence-corrected chi connectivity index (χ1v) is 10.1. The van der Waals surface area contributed by atoms with Gasteiger partial charge in [-0.1, -0.05) is 29.8 Å². The van der Waals surface area contributed by atoms with Crippen LogP contribution in [0.25, 0.3) is 0 Å². The van der Waals surface area contributed by atoms with Gasteiger partial charge in [-0.15, -0.1) is 0 Å². The Balaban J connectivity index is 1.49. The predicted molar refractivity (Wildman–Crippen MR) is 115 cm³/mol. The SMILES string of the molecule is Cc1ccc(N(C)CC2(O)CCN(CCc3ccc(C#N)cc3)CC2)c(C)c1. The van der Waals surface area contributed by atoms with E-state index in [1.807, 2.05) is 24.3 Å². The van der Waals surface area contributed by atoms with Crippen LogP contribution in [0.1, 0.15) is 35.1 Å². The van der Waals surface area contributed by atoms with Crippen LogP contribution in [0.5, 0.6) is 0 Å². The zero-order chi connectivity index (χ0) is 20.1. The molecule has 3 rings (SSSR count). The molecule has 0 aromatic heterocycles. The molecule has 1 saturated heterocycles. The number of anilines is 1. The zero-order valence-corrected chi connectivity index (χ0v) is 17.3. The van der Waals surface area contributed by atoms with Gasteiger partial charge >= 0.3 is 0 Å². The van der Waals surface area contributed by atoms with Gasteiger partial charge in [0, 0.05) is 38.9 Å². The third-order valence-corrected chi connectivity index (χ3v) is 5.88. The van der Waals surface area contributed by atoms with Crippen LogP contribution < -0.4 is 4.90 Å². The minimum atomic E-state index is -0.628. The summed E-state index contributed by atoms with van der Waals surface area (Å²) < 4.78 is 0. The maximum atomic E-state index is 11.1. The van der Waals surface area contributed by atoms with Gasteiger partial charge in [0.2, 0.25) is 0 Å². The van der Waals surface area contributed by atoms with Gasteiger partial charge in [0.1, 0.15) is 0 Å². The molecule has 0 spiro atoms. The van der Waals surface area contributed by atoms with E-state index >= 15 is 0 Å². The zero-order valence-electron chi connectivity index (χ0n) is 17.3. The van der Waals surface area contributed by atoms with Gasteiger partial charge in [-0.05, 0) is 62.4 Å². The minimum absolute atomic E-state index is 0.628. The molecule has 28 heavy (non-hydrogen) atoms. The summed E-state index contributed by atoms with van der Waals surface area (Å²) in [6.07, 6.45) is 2.58. The lowest BCUT2D eigenvalue weighted by Crippen LogP contribution is -2.50. The Labute approximate surface area is 169 Å². The highest BCUT2D eigenvalue weighted by Crippen LogP contribution is 2.27. The lowest BCUT2D eigenvalue weighted by atomic mass is 9.90. The average Bonchev–Trinajstić information content (AvgIpc) is 2.67. The molecule has 0 amide bonds. The highest BCUT2D eigenvalue weighted by molar-refractivity contribution is 5.54. The Morgan fingerprint density at radius 3 is 2.39 bits per heavy atom. The molecule has 2 aromatic carbocycles. The van der Waals surface area contributed by atoms with Crippen molar-refractivity contribution in [2.24, 2.45) is 0 Å². The number of nitrogens with zero attached hydrogens (tertiary/aromatic N) is 3. The van der Waals surface area contributed by atoms with Gasteiger partial charge < -0.3 is 14.9 Å². The molecule has 0 unspecified atom stereocenters. The summed E-state index contributed by atoms with van der Waals surface area (Å²) in [7, 11) is 2.08. The molecular weight excluding hydrogens is 346 g/mol. The van der Waals surface area contributed by atoms with Crippen molar-refractivity contribution in [3.8, 4) is 6.07 Å². The Morgan fingerprint density at radius 1 is 1.11 bits per heavy atom. The number of piperidine rings is 1. The van der Waals surface area contributed by atoms with Crippen LogP contribution in [0.3, 0.4) is 0 Å². The third kappa shape index (κ3) is 5.13. The van der Waals surface area contributed by atoms with Crippen molar-refractivity contribution in [1.82, 2.24) is 4.90 Å². The lowest BCUT2D eigenvalue weighted by Gasteiger charge is -2.41. The molecular formula is C24H31N3O. The van der Waals surface area contributed by atoms with Crippen molar-refractivity contribution in [3.63, 3.8) is 0 Å². The normalized spacial score (nSPS) is 16.5. The lowest BCUT2D eigenvalue weighted by molar-refractivity contribution is -0.0137. The smallest absolute Gasteiger partial charge is 0.0991 e. The molecule has 0 atom stereocenters. The molecule has 1 fully saturated rings. The van der Waals surface area contributed by atoms with Gasteiger partial charge in [-0.25, -0.2) is 0 Å². The molecule has 1 aliphatic heterocycles. The molecule has 0 bridgehead atoms. The number of benzene rings is 2. The van der Waals surface area contributed by atoms with Crippen molar-refractivity contribution in [2.75, 3.05) is 38.1 Å². The van der Waals surface area contributed by atoms with Gasteiger partial charge in [-0.2, -0.15) is 5.26 Å². The fraction of sp³-hybridized carbons (Fsp3) is 0.458. The van der Waals surface area contributed by atoms with Gasteiger partial charge in [0.05, 0.1) is 17.2 Å². The van der Waals surface area contributed by atoms with Crippen molar-refractivity contribution in [3.05, 3.63) is 64.7 Å². The van der Waals surface area contributed by atoms with E-state index in [0.717, 1.165) is 38.9 Å². The van der Waals surface area contributed by atoms with Crippen molar-refractivity contribution < 1.29 is 5.11 Å². The molecule has 1 N–H and O–H groups in total. The van der Waals surface area contributed by atoms with E-state index in [1.165, 1.54) is 22.4 Å². The summed E-state index contributed by atoms with van der Waals surface area (Å²) in [6, 6.07) is 16.5. The number of hydrogen-bond donors (Lipinski definition) is 1. The molecule has 148 valence electrons. The number of hydrogen-bond acceptors (Lipinski definition) is 4. The Bertz CT molecular complexity index is 830. The van der Waals surface area contributed by atoms with E-state index in [-0.39, 0.29) is 0 Å². The second kappa shape index (κ2) is 8.77. The average molecular weight is 378 g/mol. The number of aliphatic hydroxyl groups is 1. The summed E-state index contributed by atoms with van der Waals surface area (Å²) in [5, 5.41) is 20.0. The van der Waals surface area contributed by atoms with Crippen LogP contribution in [0.2, 0.25) is 0 Å². The first kappa shape index (κ1) is 20.4. The van der Waals surface area contributed by atoms with Crippen LogP contribution in [-0.2, 0) is 6.42 Å². The molecule has 1 heterocycles. The standard InChI is InChI=1S/C24H31N3O/c1-19-4-9-23(20(2)16-19)26(3)18-24(28)11-14-27(15-12-24)13-10-21-5-7-22(17-25)8-6-21/h4-9,16,28H,10-15,18H2,1-3H3. The first-order valence-electron chi connectivity index (χ1n) is 10.1. The molecule has 0 radical (unpaired) electrons. The molecule has 4 heteroatoms. The fourth-order valence-electron chi connectivity index (χ4n) is 4.14. The number of likely N-dealkylation sites (N-methyl/N-ethyl adjacent to an activating group) is 1. The van der Waals surface area contributed by atoms with Gasteiger partial charge in [0.25, 0.3) is 0 Å². The summed E-state index contributed by atoms with van der Waals surface area (Å²) >= 11 is 0. The van der Waals surface area contributed by atoms with Crippen molar-refractivity contribution in [2.45, 2.75) is 38.7 Å². The van der Waals surface area contributed by atoms with E-state index < -0.39 is 5.60 Å². The Kier molecular flexibility index (Phi) is 6.39. The monoisotopic (exact) mass is 377 g/mol. The minimum Gasteiger partial charge on any atom is -0.388 e. The van der Waals surface area contributed by atoms with Crippen LogP contribution in [0, 0.1) is 25.2 Å². The maximum Gasteiger partial charge on any atom is 0.0991 e. The molecule has 0 aliphatic carbocycles. The third-order valence-electron chi connectivity index (χ3n) is 5.88. The van der Waals surface area contributed by atoms with Crippen LogP contribution in [-0.4, -0.2) is 48.8 Å². The molecule has 2 aromatic rings. The predicted octanol–water partition coefficient (Wildman–Crippen LogP) is 3.68. The quantitative estimate of drug-likeness (QED) is 0.834. The topological polar surface area (TPSA) is 50.5 Å².